The highest BCUT2D eigenvalue weighted by molar-refractivity contribution is 5.94. The number of hydrogen-bond acceptors (Lipinski definition) is 4. The molecule has 0 atom stereocenters. The first-order valence-electron chi connectivity index (χ1n) is 8.92. The fourth-order valence-electron chi connectivity index (χ4n) is 2.99. The van der Waals surface area contributed by atoms with Gasteiger partial charge in [0.15, 0.2) is 0 Å². The second-order valence-corrected chi connectivity index (χ2v) is 6.28. The maximum absolute atomic E-state index is 12.6. The molecule has 1 saturated heterocycles. The normalized spacial score (nSPS) is 13.7. The minimum Gasteiger partial charge on any atom is -0.493 e. The van der Waals surface area contributed by atoms with Crippen LogP contribution in [0.2, 0.25) is 0 Å². The minimum absolute atomic E-state index is 0.0320. The SMILES string of the molecule is N#Cc1cccc(C(=O)N2CCN(C(=O)CCOc3ccccc3)CC2)c1. The highest BCUT2D eigenvalue weighted by atomic mass is 16.5. The summed E-state index contributed by atoms with van der Waals surface area (Å²) in [4.78, 5) is 28.4. The Bertz CT molecular complexity index is 837. The molecule has 138 valence electrons. The van der Waals surface area contributed by atoms with Gasteiger partial charge in [0.25, 0.3) is 5.91 Å². The van der Waals surface area contributed by atoms with E-state index in [1.807, 2.05) is 36.4 Å². The number of amides is 2. The van der Waals surface area contributed by atoms with Gasteiger partial charge in [-0.2, -0.15) is 5.26 Å². The summed E-state index contributed by atoms with van der Waals surface area (Å²) < 4.78 is 5.57. The van der Waals surface area contributed by atoms with Crippen molar-refractivity contribution in [3.8, 4) is 11.8 Å². The van der Waals surface area contributed by atoms with Crippen LogP contribution >= 0.6 is 0 Å². The van der Waals surface area contributed by atoms with Gasteiger partial charge in [-0.1, -0.05) is 24.3 Å². The summed E-state index contributed by atoms with van der Waals surface area (Å²) in [5.74, 6) is 0.677. The topological polar surface area (TPSA) is 73.6 Å². The third-order valence-corrected chi connectivity index (χ3v) is 4.49. The van der Waals surface area contributed by atoms with E-state index in [0.29, 0.717) is 50.3 Å². The Morgan fingerprint density at radius 1 is 0.963 bits per heavy atom. The molecule has 27 heavy (non-hydrogen) atoms. The van der Waals surface area contributed by atoms with Gasteiger partial charge in [0.1, 0.15) is 5.75 Å². The highest BCUT2D eigenvalue weighted by Gasteiger charge is 2.24. The van der Waals surface area contributed by atoms with Crippen LogP contribution in [0.4, 0.5) is 0 Å². The number of benzene rings is 2. The van der Waals surface area contributed by atoms with Gasteiger partial charge in [-0.25, -0.2) is 0 Å². The molecule has 2 amide bonds. The van der Waals surface area contributed by atoms with Crippen LogP contribution in [-0.2, 0) is 4.79 Å². The first-order valence-corrected chi connectivity index (χ1v) is 8.92. The third-order valence-electron chi connectivity index (χ3n) is 4.49. The monoisotopic (exact) mass is 363 g/mol. The maximum atomic E-state index is 12.6. The zero-order valence-electron chi connectivity index (χ0n) is 15.0. The summed E-state index contributed by atoms with van der Waals surface area (Å²) in [6, 6.07) is 18.1. The van der Waals surface area contributed by atoms with E-state index in [1.165, 1.54) is 0 Å². The molecule has 6 heteroatoms. The van der Waals surface area contributed by atoms with Crippen molar-refractivity contribution in [1.82, 2.24) is 9.80 Å². The molecular formula is C21H21N3O3. The zero-order valence-corrected chi connectivity index (χ0v) is 15.0. The van der Waals surface area contributed by atoms with E-state index in [4.69, 9.17) is 10.00 Å². The van der Waals surface area contributed by atoms with Crippen LogP contribution in [0.3, 0.4) is 0 Å². The maximum Gasteiger partial charge on any atom is 0.254 e. The molecule has 3 rings (SSSR count). The van der Waals surface area contributed by atoms with Crippen LogP contribution in [0.5, 0.6) is 5.75 Å². The lowest BCUT2D eigenvalue weighted by Gasteiger charge is -2.35. The fourth-order valence-corrected chi connectivity index (χ4v) is 2.99. The number of ether oxygens (including phenoxy) is 1. The van der Waals surface area contributed by atoms with Gasteiger partial charge in [0, 0.05) is 31.7 Å². The standard InChI is InChI=1S/C21H21N3O3/c22-16-17-5-4-6-18(15-17)21(26)24-12-10-23(11-13-24)20(25)9-14-27-19-7-2-1-3-8-19/h1-8,15H,9-14H2. The number of carbonyl (C=O) groups excluding carboxylic acids is 2. The van der Waals surface area contributed by atoms with Crippen molar-refractivity contribution in [1.29, 1.82) is 5.26 Å². The van der Waals surface area contributed by atoms with E-state index < -0.39 is 0 Å². The van der Waals surface area contributed by atoms with Gasteiger partial charge >= 0.3 is 0 Å². The van der Waals surface area contributed by atoms with Crippen molar-refractivity contribution in [3.05, 3.63) is 65.7 Å². The number of nitriles is 1. The number of piperazine rings is 1. The lowest BCUT2D eigenvalue weighted by Crippen LogP contribution is -2.50. The van der Waals surface area contributed by atoms with Crippen molar-refractivity contribution in [2.24, 2.45) is 0 Å². The number of para-hydroxylation sites is 1. The summed E-state index contributed by atoms with van der Waals surface area (Å²) in [7, 11) is 0. The average molecular weight is 363 g/mol. The molecule has 2 aromatic carbocycles. The summed E-state index contributed by atoms with van der Waals surface area (Å²) >= 11 is 0. The van der Waals surface area contributed by atoms with Crippen molar-refractivity contribution in [3.63, 3.8) is 0 Å². The van der Waals surface area contributed by atoms with Crippen LogP contribution in [0.25, 0.3) is 0 Å². The molecule has 6 nitrogen and oxygen atoms in total. The smallest absolute Gasteiger partial charge is 0.254 e. The molecule has 0 aromatic heterocycles. The Balaban J connectivity index is 1.46. The zero-order chi connectivity index (χ0) is 19.1. The van der Waals surface area contributed by atoms with E-state index in [1.54, 1.807) is 34.1 Å². The fraction of sp³-hybridized carbons (Fsp3) is 0.286. The Labute approximate surface area is 158 Å². The largest absolute Gasteiger partial charge is 0.493 e. The third kappa shape index (κ3) is 4.85. The van der Waals surface area contributed by atoms with E-state index in [2.05, 4.69) is 0 Å². The Hall–Kier alpha value is -3.33. The molecule has 2 aromatic rings. The van der Waals surface area contributed by atoms with E-state index >= 15 is 0 Å². The van der Waals surface area contributed by atoms with E-state index in [0.717, 1.165) is 5.75 Å². The second kappa shape index (κ2) is 8.86. The summed E-state index contributed by atoms with van der Waals surface area (Å²) in [5, 5.41) is 8.96. The minimum atomic E-state index is -0.105. The first-order chi connectivity index (χ1) is 13.2. The van der Waals surface area contributed by atoms with Crippen molar-refractivity contribution >= 4 is 11.8 Å². The molecule has 0 radical (unpaired) electrons. The van der Waals surface area contributed by atoms with Gasteiger partial charge < -0.3 is 14.5 Å². The molecule has 1 fully saturated rings. The van der Waals surface area contributed by atoms with Crippen LogP contribution < -0.4 is 4.74 Å². The van der Waals surface area contributed by atoms with Crippen molar-refractivity contribution < 1.29 is 14.3 Å². The lowest BCUT2D eigenvalue weighted by atomic mass is 10.1. The molecule has 0 aliphatic carbocycles. The first kappa shape index (κ1) is 18.5. The summed E-state index contributed by atoms with van der Waals surface area (Å²) in [6.45, 7) is 2.33. The number of nitrogens with zero attached hydrogens (tertiary/aromatic N) is 3. The van der Waals surface area contributed by atoms with Crippen LogP contribution in [0.15, 0.2) is 54.6 Å². The lowest BCUT2D eigenvalue weighted by molar-refractivity contribution is -0.133. The number of rotatable bonds is 5. The molecule has 0 unspecified atom stereocenters. The summed E-state index contributed by atoms with van der Waals surface area (Å²) in [5.41, 5.74) is 0.971. The van der Waals surface area contributed by atoms with Gasteiger partial charge in [-0.15, -0.1) is 0 Å². The van der Waals surface area contributed by atoms with Crippen molar-refractivity contribution in [2.45, 2.75) is 6.42 Å². The van der Waals surface area contributed by atoms with Gasteiger partial charge in [-0.05, 0) is 30.3 Å². The predicted octanol–water partition coefficient (Wildman–Crippen LogP) is 2.31. The van der Waals surface area contributed by atoms with Gasteiger partial charge in [0.2, 0.25) is 5.91 Å². The molecule has 0 N–H and O–H groups in total. The average Bonchev–Trinajstić information content (AvgIpc) is 2.74. The number of hydrogen-bond donors (Lipinski definition) is 0. The molecule has 1 aliphatic rings. The molecule has 0 spiro atoms. The predicted molar refractivity (Wildman–Crippen MR) is 100 cm³/mol. The van der Waals surface area contributed by atoms with E-state index in [-0.39, 0.29) is 11.8 Å². The molecule has 1 heterocycles. The van der Waals surface area contributed by atoms with Gasteiger partial charge in [0.05, 0.1) is 24.7 Å². The Kier molecular flexibility index (Phi) is 6.06. The van der Waals surface area contributed by atoms with Gasteiger partial charge in [-0.3, -0.25) is 9.59 Å². The van der Waals surface area contributed by atoms with Crippen LogP contribution in [0, 0.1) is 11.3 Å². The summed E-state index contributed by atoms with van der Waals surface area (Å²) in [6.07, 6.45) is 0.313. The van der Waals surface area contributed by atoms with Crippen LogP contribution in [-0.4, -0.2) is 54.4 Å². The molecular weight excluding hydrogens is 342 g/mol. The highest BCUT2D eigenvalue weighted by Crippen LogP contribution is 2.12. The van der Waals surface area contributed by atoms with Crippen LogP contribution in [0.1, 0.15) is 22.3 Å². The quantitative estimate of drug-likeness (QED) is 0.817. The Morgan fingerprint density at radius 3 is 2.37 bits per heavy atom. The molecule has 0 bridgehead atoms. The molecule has 1 aliphatic heterocycles. The molecule has 0 saturated carbocycles. The second-order valence-electron chi connectivity index (χ2n) is 6.28. The van der Waals surface area contributed by atoms with E-state index in [9.17, 15) is 9.59 Å². The number of carbonyl (C=O) groups is 2. The van der Waals surface area contributed by atoms with Crippen molar-refractivity contribution in [2.75, 3.05) is 32.8 Å². The Morgan fingerprint density at radius 2 is 1.67 bits per heavy atom.